The fraction of sp³-hybridized carbons (Fsp3) is 0.455. The summed E-state index contributed by atoms with van der Waals surface area (Å²) in [5.74, 6) is 1.91. The van der Waals surface area contributed by atoms with E-state index in [9.17, 15) is 0 Å². The van der Waals surface area contributed by atoms with E-state index in [1.54, 1.807) is 0 Å². The third-order valence-electron chi connectivity index (χ3n) is 2.33. The van der Waals surface area contributed by atoms with Crippen molar-refractivity contribution in [2.45, 2.75) is 13.3 Å². The van der Waals surface area contributed by atoms with E-state index >= 15 is 0 Å². The highest BCUT2D eigenvalue weighted by molar-refractivity contribution is 5.44. The van der Waals surface area contributed by atoms with Crippen LogP contribution in [0.15, 0.2) is 18.2 Å². The summed E-state index contributed by atoms with van der Waals surface area (Å²) >= 11 is 0. The minimum absolute atomic E-state index is 0.217. The smallest absolute Gasteiger partial charge is 0.231 e. The summed E-state index contributed by atoms with van der Waals surface area (Å²) in [6.07, 6.45) is 0.868. The molecular formula is C11H14O3. The molecule has 3 nitrogen and oxygen atoms in total. The van der Waals surface area contributed by atoms with Crippen molar-refractivity contribution in [2.24, 2.45) is 5.92 Å². The van der Waals surface area contributed by atoms with Gasteiger partial charge in [-0.1, -0.05) is 13.0 Å². The molecule has 1 aromatic rings. The van der Waals surface area contributed by atoms with Crippen LogP contribution in [0.1, 0.15) is 12.5 Å². The molecule has 0 bridgehead atoms. The molecule has 0 fully saturated rings. The first-order chi connectivity index (χ1) is 6.79. The number of fused-ring (bicyclic) bond motifs is 1. The van der Waals surface area contributed by atoms with Gasteiger partial charge in [0.05, 0.1) is 0 Å². The molecule has 0 spiro atoms. The van der Waals surface area contributed by atoms with Crippen LogP contribution in [-0.2, 0) is 6.42 Å². The zero-order chi connectivity index (χ0) is 9.97. The Kier molecular flexibility index (Phi) is 2.59. The third kappa shape index (κ3) is 1.82. The molecule has 1 heterocycles. The maximum atomic E-state index is 8.93. The first-order valence-electron chi connectivity index (χ1n) is 4.79. The molecule has 3 heteroatoms. The van der Waals surface area contributed by atoms with Crippen LogP contribution < -0.4 is 9.47 Å². The zero-order valence-electron chi connectivity index (χ0n) is 8.19. The van der Waals surface area contributed by atoms with Gasteiger partial charge in [0.1, 0.15) is 0 Å². The van der Waals surface area contributed by atoms with E-state index in [0.717, 1.165) is 17.9 Å². The summed E-state index contributed by atoms with van der Waals surface area (Å²) < 4.78 is 10.5. The quantitative estimate of drug-likeness (QED) is 0.794. The van der Waals surface area contributed by atoms with Crippen molar-refractivity contribution in [2.75, 3.05) is 13.4 Å². The van der Waals surface area contributed by atoms with E-state index in [4.69, 9.17) is 14.6 Å². The van der Waals surface area contributed by atoms with Crippen LogP contribution in [-0.4, -0.2) is 18.5 Å². The van der Waals surface area contributed by atoms with Gasteiger partial charge in [-0.25, -0.2) is 0 Å². The number of hydrogen-bond acceptors (Lipinski definition) is 3. The van der Waals surface area contributed by atoms with Crippen LogP contribution in [0.3, 0.4) is 0 Å². The highest BCUT2D eigenvalue weighted by Crippen LogP contribution is 2.32. The summed E-state index contributed by atoms with van der Waals surface area (Å²) in [4.78, 5) is 0. The molecule has 1 atom stereocenters. The number of aliphatic hydroxyl groups excluding tert-OH is 1. The van der Waals surface area contributed by atoms with Gasteiger partial charge in [0.25, 0.3) is 0 Å². The number of ether oxygens (including phenoxy) is 2. The number of benzene rings is 1. The molecule has 0 radical (unpaired) electrons. The second kappa shape index (κ2) is 3.88. The summed E-state index contributed by atoms with van der Waals surface area (Å²) in [5.41, 5.74) is 1.18. The van der Waals surface area contributed by atoms with Crippen molar-refractivity contribution >= 4 is 0 Å². The van der Waals surface area contributed by atoms with Gasteiger partial charge in [-0.3, -0.25) is 0 Å². The Bertz CT molecular complexity index is 322. The number of rotatable bonds is 3. The van der Waals surface area contributed by atoms with Gasteiger partial charge in [0.15, 0.2) is 11.5 Å². The molecule has 0 saturated heterocycles. The van der Waals surface area contributed by atoms with Crippen molar-refractivity contribution in [3.05, 3.63) is 23.8 Å². The van der Waals surface area contributed by atoms with Gasteiger partial charge >= 0.3 is 0 Å². The van der Waals surface area contributed by atoms with Crippen LogP contribution in [0.25, 0.3) is 0 Å². The molecule has 76 valence electrons. The van der Waals surface area contributed by atoms with Crippen LogP contribution >= 0.6 is 0 Å². The molecule has 0 saturated carbocycles. The van der Waals surface area contributed by atoms with Gasteiger partial charge in [0.2, 0.25) is 6.79 Å². The predicted molar refractivity (Wildman–Crippen MR) is 52.5 cm³/mol. The van der Waals surface area contributed by atoms with Crippen molar-refractivity contribution < 1.29 is 14.6 Å². The van der Waals surface area contributed by atoms with Gasteiger partial charge in [-0.15, -0.1) is 0 Å². The fourth-order valence-electron chi connectivity index (χ4n) is 1.53. The minimum atomic E-state index is 0.217. The fourth-order valence-corrected chi connectivity index (χ4v) is 1.53. The van der Waals surface area contributed by atoms with Gasteiger partial charge < -0.3 is 14.6 Å². The molecule has 0 aliphatic carbocycles. The highest BCUT2D eigenvalue weighted by Gasteiger charge is 2.13. The monoisotopic (exact) mass is 194 g/mol. The molecular weight excluding hydrogens is 180 g/mol. The maximum Gasteiger partial charge on any atom is 0.231 e. The summed E-state index contributed by atoms with van der Waals surface area (Å²) in [5, 5.41) is 8.93. The SMILES string of the molecule is C[C@H](CO)Cc1ccc2c(c1)OCO2. The first kappa shape index (κ1) is 9.34. The number of aliphatic hydroxyl groups is 1. The molecule has 2 rings (SSSR count). The second-order valence-corrected chi connectivity index (χ2v) is 3.68. The van der Waals surface area contributed by atoms with Crippen molar-refractivity contribution in [1.82, 2.24) is 0 Å². The Balaban J connectivity index is 2.12. The molecule has 0 unspecified atom stereocenters. The Morgan fingerprint density at radius 2 is 2.14 bits per heavy atom. The van der Waals surface area contributed by atoms with Gasteiger partial charge in [-0.05, 0) is 30.0 Å². The van der Waals surface area contributed by atoms with Crippen LogP contribution in [0.4, 0.5) is 0 Å². The van der Waals surface area contributed by atoms with Crippen LogP contribution in [0, 0.1) is 5.92 Å². The van der Waals surface area contributed by atoms with Crippen LogP contribution in [0.2, 0.25) is 0 Å². The first-order valence-corrected chi connectivity index (χ1v) is 4.79. The normalized spacial score (nSPS) is 15.6. The lowest BCUT2D eigenvalue weighted by Gasteiger charge is -2.07. The van der Waals surface area contributed by atoms with E-state index in [1.807, 2.05) is 25.1 Å². The average molecular weight is 194 g/mol. The van der Waals surface area contributed by atoms with E-state index in [0.29, 0.717) is 6.79 Å². The zero-order valence-corrected chi connectivity index (χ0v) is 8.19. The van der Waals surface area contributed by atoms with Crippen molar-refractivity contribution in [1.29, 1.82) is 0 Å². The largest absolute Gasteiger partial charge is 0.454 e. The lowest BCUT2D eigenvalue weighted by Crippen LogP contribution is -2.04. The predicted octanol–water partition coefficient (Wildman–Crippen LogP) is 1.59. The summed E-state index contributed by atoms with van der Waals surface area (Å²) in [7, 11) is 0. The van der Waals surface area contributed by atoms with E-state index in [2.05, 4.69) is 0 Å². The molecule has 0 aromatic heterocycles. The Morgan fingerprint density at radius 1 is 1.36 bits per heavy atom. The van der Waals surface area contributed by atoms with Crippen molar-refractivity contribution in [3.63, 3.8) is 0 Å². The van der Waals surface area contributed by atoms with E-state index in [-0.39, 0.29) is 12.5 Å². The Labute approximate surface area is 83.3 Å². The Morgan fingerprint density at radius 3 is 2.93 bits per heavy atom. The Hall–Kier alpha value is -1.22. The van der Waals surface area contributed by atoms with Gasteiger partial charge in [-0.2, -0.15) is 0 Å². The highest BCUT2D eigenvalue weighted by atomic mass is 16.7. The topological polar surface area (TPSA) is 38.7 Å². The molecule has 1 N–H and O–H groups in total. The molecule has 1 aliphatic rings. The molecule has 14 heavy (non-hydrogen) atoms. The minimum Gasteiger partial charge on any atom is -0.454 e. The molecule has 1 aliphatic heterocycles. The van der Waals surface area contributed by atoms with Crippen LogP contribution in [0.5, 0.6) is 11.5 Å². The third-order valence-corrected chi connectivity index (χ3v) is 2.33. The van der Waals surface area contributed by atoms with E-state index in [1.165, 1.54) is 5.56 Å². The number of hydrogen-bond donors (Lipinski definition) is 1. The molecule has 0 amide bonds. The van der Waals surface area contributed by atoms with Crippen molar-refractivity contribution in [3.8, 4) is 11.5 Å². The maximum absolute atomic E-state index is 8.93. The second-order valence-electron chi connectivity index (χ2n) is 3.68. The molecule has 1 aromatic carbocycles. The van der Waals surface area contributed by atoms with E-state index < -0.39 is 0 Å². The standard InChI is InChI=1S/C11H14O3/c1-8(6-12)4-9-2-3-10-11(5-9)14-7-13-10/h2-3,5,8,12H,4,6-7H2,1H3/t8-/m0/s1. The lowest BCUT2D eigenvalue weighted by atomic mass is 10.0. The average Bonchev–Trinajstić information content (AvgIpc) is 2.64. The van der Waals surface area contributed by atoms with Gasteiger partial charge in [0, 0.05) is 6.61 Å². The summed E-state index contributed by atoms with van der Waals surface area (Å²) in [6, 6.07) is 5.91. The summed E-state index contributed by atoms with van der Waals surface area (Å²) in [6.45, 7) is 2.55. The lowest BCUT2D eigenvalue weighted by molar-refractivity contribution is 0.174.